The van der Waals surface area contributed by atoms with Gasteiger partial charge in [0.15, 0.2) is 0 Å². The van der Waals surface area contributed by atoms with Crippen LogP contribution < -0.4 is 0 Å². The van der Waals surface area contributed by atoms with E-state index in [-0.39, 0.29) is 68.9 Å². The van der Waals surface area contributed by atoms with Gasteiger partial charge in [-0.25, -0.2) is 25.4 Å². The van der Waals surface area contributed by atoms with E-state index in [0.717, 1.165) is 60.8 Å². The van der Waals surface area contributed by atoms with E-state index < -0.39 is 20.0 Å². The summed E-state index contributed by atoms with van der Waals surface area (Å²) in [5.74, 6) is 4.95. The van der Waals surface area contributed by atoms with Crippen molar-refractivity contribution >= 4 is 43.0 Å². The summed E-state index contributed by atoms with van der Waals surface area (Å²) >= 11 is 0. The largest absolute Gasteiger partial charge is 0.268 e. The highest BCUT2D eigenvalue weighted by Gasteiger charge is 2.75. The van der Waals surface area contributed by atoms with E-state index in [4.69, 9.17) is 0 Å². The molecule has 2 saturated heterocycles. The fraction of sp³-hybridized carbons (Fsp3) is 0.667. The number of benzene rings is 2. The van der Waals surface area contributed by atoms with Crippen molar-refractivity contribution in [2.75, 3.05) is 11.5 Å². The van der Waals surface area contributed by atoms with Crippen LogP contribution in [0.1, 0.15) is 127 Å². The molecule has 0 N–H and O–H groups in total. The Hall–Kier alpha value is -3.24. The summed E-state index contributed by atoms with van der Waals surface area (Å²) < 4.78 is 57.0. The van der Waals surface area contributed by atoms with Gasteiger partial charge in [-0.2, -0.15) is 0 Å². The number of hydrogen-bond donors (Lipinski definition) is 0. The first kappa shape index (κ1) is 41.0. The summed E-state index contributed by atoms with van der Waals surface area (Å²) in [5, 5.41) is 0. The second-order valence-electron chi connectivity index (χ2n) is 24.6. The van der Waals surface area contributed by atoms with Crippen LogP contribution in [0.4, 0.5) is 0 Å². The third-order valence-electron chi connectivity index (χ3n) is 22.2. The van der Waals surface area contributed by atoms with E-state index in [0.29, 0.717) is 47.3 Å². The molecular weight excluding hydrogens is 837 g/mol. The summed E-state index contributed by atoms with van der Waals surface area (Å²) in [4.78, 5) is 28.5. The van der Waals surface area contributed by atoms with Gasteiger partial charge in [-0.1, -0.05) is 87.4 Å². The Labute approximate surface area is 381 Å². The molecule has 2 aromatic carbocycles. The number of nitrogens with zero attached hydrogens (tertiary/aromatic N) is 2. The van der Waals surface area contributed by atoms with Gasteiger partial charge < -0.3 is 0 Å². The first-order valence-electron chi connectivity index (χ1n) is 25.1. The van der Waals surface area contributed by atoms with Gasteiger partial charge >= 0.3 is 0 Å². The summed E-state index contributed by atoms with van der Waals surface area (Å²) in [6.07, 6.45) is 13.1. The molecule has 2 amide bonds. The van der Waals surface area contributed by atoms with E-state index in [9.17, 15) is 26.4 Å². The molecule has 2 spiro atoms. The fourth-order valence-corrected chi connectivity index (χ4v) is 23.8. The number of hydrogen-bond acceptors (Lipinski definition) is 6. The van der Waals surface area contributed by atoms with Gasteiger partial charge in [-0.3, -0.25) is 9.59 Å². The quantitative estimate of drug-likeness (QED) is 0.303. The normalized spacial score (nSPS) is 44.0. The second kappa shape index (κ2) is 12.8. The number of fused-ring (bicyclic) bond motifs is 12. The molecule has 8 bridgehead atoms. The van der Waals surface area contributed by atoms with Crippen molar-refractivity contribution in [2.45, 2.75) is 131 Å². The topological polar surface area (TPSA) is 109 Å². The minimum Gasteiger partial charge on any atom is -0.268 e. The highest BCUT2D eigenvalue weighted by atomic mass is 32.2. The van der Waals surface area contributed by atoms with Crippen molar-refractivity contribution < 1.29 is 26.4 Å². The molecule has 10 fully saturated rings. The Kier molecular flexibility index (Phi) is 8.22. The van der Waals surface area contributed by atoms with Gasteiger partial charge in [-0.05, 0) is 183 Å². The first-order chi connectivity index (χ1) is 30.3. The maximum atomic E-state index is 14.2. The summed E-state index contributed by atoms with van der Waals surface area (Å²) in [7, 11) is -7.17. The van der Waals surface area contributed by atoms with Crippen molar-refractivity contribution in [2.24, 2.45) is 80.8 Å². The van der Waals surface area contributed by atoms with E-state index in [1.165, 1.54) is 69.4 Å². The SMILES string of the molecule is Cc1ccc(C2=C(C(=O)N3[C@@H]4C[C@H]5CC[C@]4(CS3(=O)=O)C5(C)C)[C@@H]3[C@H]4CC[C@H](C4)[C@H]23)cc1.Cc1ccc(C2=C(C(=O)N3[C@@H]4C[C@H]5CC[C@]4(CS3(=O)=O)C5(C)C)[C@@H]3[C@H]4CC[C@H](C4)[C@H]23)cc1. The molecule has 14 atom stereocenters. The number of allylic oxidation sites excluding steroid dienone is 2. The van der Waals surface area contributed by atoms with Gasteiger partial charge in [0.25, 0.3) is 11.8 Å². The van der Waals surface area contributed by atoms with Crippen LogP contribution in [0.5, 0.6) is 0 Å². The lowest BCUT2D eigenvalue weighted by atomic mass is 9.59. The first-order valence-corrected chi connectivity index (χ1v) is 28.3. The van der Waals surface area contributed by atoms with Crippen molar-refractivity contribution in [3.05, 3.63) is 81.9 Å². The van der Waals surface area contributed by atoms with Gasteiger partial charge in [0.2, 0.25) is 20.0 Å². The minimum atomic E-state index is -3.59. The van der Waals surface area contributed by atoms with E-state index in [1.54, 1.807) is 0 Å². The van der Waals surface area contributed by atoms with E-state index in [2.05, 4.69) is 90.1 Å². The van der Waals surface area contributed by atoms with E-state index >= 15 is 0 Å². The van der Waals surface area contributed by atoms with Gasteiger partial charge in [0.1, 0.15) is 0 Å². The summed E-state index contributed by atoms with van der Waals surface area (Å²) in [6.45, 7) is 13.2. The third-order valence-corrected chi connectivity index (χ3v) is 26.0. The minimum absolute atomic E-state index is 0.0114. The van der Waals surface area contributed by atoms with Crippen LogP contribution in [-0.2, 0) is 29.6 Å². The number of sulfonamides is 2. The lowest BCUT2D eigenvalue weighted by molar-refractivity contribution is -0.127. The van der Waals surface area contributed by atoms with E-state index in [1.807, 2.05) is 0 Å². The van der Waals surface area contributed by atoms with Crippen LogP contribution in [-0.4, -0.2) is 60.8 Å². The molecule has 8 saturated carbocycles. The number of amides is 2. The Morgan fingerprint density at radius 2 is 0.844 bits per heavy atom. The molecule has 0 aromatic heterocycles. The number of rotatable bonds is 4. The molecule has 64 heavy (non-hydrogen) atoms. The van der Waals surface area contributed by atoms with Crippen LogP contribution >= 0.6 is 0 Å². The van der Waals surface area contributed by atoms with Crippen LogP contribution in [0.25, 0.3) is 11.1 Å². The van der Waals surface area contributed by atoms with Crippen molar-refractivity contribution in [3.63, 3.8) is 0 Å². The lowest BCUT2D eigenvalue weighted by Crippen LogP contribution is -2.49. The van der Waals surface area contributed by atoms with Crippen molar-refractivity contribution in [3.8, 4) is 0 Å². The molecule has 0 unspecified atom stereocenters. The average molecular weight is 903 g/mol. The van der Waals surface area contributed by atoms with Crippen LogP contribution in [0.2, 0.25) is 0 Å². The third kappa shape index (κ3) is 4.86. The molecule has 2 heterocycles. The smallest absolute Gasteiger partial charge is 0.264 e. The fourth-order valence-electron chi connectivity index (χ4n) is 18.8. The van der Waals surface area contributed by atoms with Crippen molar-refractivity contribution in [1.82, 2.24) is 8.61 Å². The maximum Gasteiger partial charge on any atom is 0.264 e. The molecule has 10 aliphatic carbocycles. The number of aryl methyl sites for hydroxylation is 2. The van der Waals surface area contributed by atoms with Crippen LogP contribution in [0.15, 0.2) is 59.7 Å². The molecule has 340 valence electrons. The Balaban J connectivity index is 0.000000129. The molecule has 2 aliphatic heterocycles. The zero-order valence-electron chi connectivity index (χ0n) is 38.6. The van der Waals surface area contributed by atoms with Gasteiger partial charge in [0.05, 0.1) is 23.6 Å². The van der Waals surface area contributed by atoms with Gasteiger partial charge in [0, 0.05) is 22.0 Å². The van der Waals surface area contributed by atoms with Crippen molar-refractivity contribution in [1.29, 1.82) is 0 Å². The standard InChI is InChI=1S/2C27H33NO3S/c2*1-15-4-6-16(7-5-15)21-22-17-8-9-18(12-17)23(22)24(21)25(29)28-20-13-19-10-11-27(20,26(19,2)3)14-32(28,30)31/h2*4-7,17-20,22-23H,8-14H2,1-3H3/t2*17-,18+,19-,20-,22-,23-,27-/m11/s1. The molecule has 0 radical (unpaired) electrons. The number of carbonyl (C=O) groups is 2. The molecule has 14 rings (SSSR count). The highest BCUT2D eigenvalue weighted by Crippen LogP contribution is 2.73. The maximum absolute atomic E-state index is 14.2. The Morgan fingerprint density at radius 3 is 1.19 bits per heavy atom. The second-order valence-corrected chi connectivity index (χ2v) is 28.3. The van der Waals surface area contributed by atoms with Gasteiger partial charge in [-0.15, -0.1) is 0 Å². The monoisotopic (exact) mass is 902 g/mol. The highest BCUT2D eigenvalue weighted by molar-refractivity contribution is 7.90. The molecule has 8 nitrogen and oxygen atoms in total. The molecular formula is C54H66N2O6S2. The number of carbonyl (C=O) groups excluding carboxylic acids is 2. The average Bonchev–Trinajstić information content (AvgIpc) is 4.12. The van der Waals surface area contributed by atoms with Crippen LogP contribution in [0, 0.1) is 94.7 Å². The predicted molar refractivity (Wildman–Crippen MR) is 248 cm³/mol. The molecule has 10 heteroatoms. The zero-order chi connectivity index (χ0) is 44.4. The zero-order valence-corrected chi connectivity index (χ0v) is 40.2. The van der Waals surface area contributed by atoms with Crippen LogP contribution in [0.3, 0.4) is 0 Å². The lowest BCUT2D eigenvalue weighted by Gasteiger charge is -2.46. The molecule has 2 aromatic rings. The summed E-state index contributed by atoms with van der Waals surface area (Å²) in [6, 6.07) is 16.7. The molecule has 12 aliphatic rings. The summed E-state index contributed by atoms with van der Waals surface area (Å²) in [5.41, 5.74) is 8.20. The predicted octanol–water partition coefficient (Wildman–Crippen LogP) is 9.58. The Morgan fingerprint density at radius 1 is 0.500 bits per heavy atom. The Bertz CT molecular complexity index is 2550.